The Morgan fingerprint density at radius 1 is 1.43 bits per heavy atom. The molecule has 1 heterocycles. The van der Waals surface area contributed by atoms with Crippen LogP contribution in [-0.4, -0.2) is 11.0 Å². The van der Waals surface area contributed by atoms with Crippen LogP contribution < -0.4 is 4.90 Å². The van der Waals surface area contributed by atoms with Crippen LogP contribution in [0, 0.1) is 21.4 Å². The number of nitriles is 1. The minimum Gasteiger partial charge on any atom is -0.364 e. The van der Waals surface area contributed by atoms with E-state index in [4.69, 9.17) is 5.26 Å². The second kappa shape index (κ2) is 5.54. The van der Waals surface area contributed by atoms with Crippen LogP contribution in [0.3, 0.4) is 0 Å². The lowest BCUT2D eigenvalue weighted by Crippen LogP contribution is -2.24. The predicted molar refractivity (Wildman–Crippen MR) is 81.3 cm³/mol. The summed E-state index contributed by atoms with van der Waals surface area (Å²) >= 11 is 1.65. The minimum atomic E-state index is -0.511. The van der Waals surface area contributed by atoms with Gasteiger partial charge in [0, 0.05) is 24.3 Å². The van der Waals surface area contributed by atoms with E-state index in [-0.39, 0.29) is 11.3 Å². The first-order valence-corrected chi connectivity index (χ1v) is 7.59. The molecule has 0 atom stereocenters. The molecule has 0 bridgehead atoms. The van der Waals surface area contributed by atoms with Crippen LogP contribution in [0.25, 0.3) is 0 Å². The molecule has 106 valence electrons. The van der Waals surface area contributed by atoms with Crippen molar-refractivity contribution in [1.82, 2.24) is 0 Å². The van der Waals surface area contributed by atoms with E-state index in [1.165, 1.54) is 11.6 Å². The van der Waals surface area contributed by atoms with Crippen molar-refractivity contribution in [2.75, 3.05) is 4.90 Å². The highest BCUT2D eigenvalue weighted by Crippen LogP contribution is 2.35. The van der Waals surface area contributed by atoms with Gasteiger partial charge in [-0.1, -0.05) is 0 Å². The molecule has 0 spiro atoms. The maximum absolute atomic E-state index is 10.9. The van der Waals surface area contributed by atoms with Crippen LogP contribution in [0.5, 0.6) is 0 Å². The van der Waals surface area contributed by atoms with Gasteiger partial charge in [0.1, 0.15) is 11.6 Å². The number of benzene rings is 1. The molecule has 1 aliphatic rings. The Morgan fingerprint density at radius 3 is 2.81 bits per heavy atom. The Hall–Kier alpha value is -2.39. The number of nitrogens with zero attached hydrogens (tertiary/aromatic N) is 3. The molecule has 1 aromatic carbocycles. The van der Waals surface area contributed by atoms with E-state index < -0.39 is 4.92 Å². The fourth-order valence-corrected chi connectivity index (χ4v) is 3.01. The fraction of sp³-hybridized carbons (Fsp3) is 0.267. The molecule has 0 aliphatic heterocycles. The van der Waals surface area contributed by atoms with Gasteiger partial charge in [0.25, 0.3) is 5.69 Å². The lowest BCUT2D eigenvalue weighted by Gasteiger charge is -2.24. The van der Waals surface area contributed by atoms with E-state index in [9.17, 15) is 10.1 Å². The molecule has 0 amide bonds. The van der Waals surface area contributed by atoms with Crippen molar-refractivity contribution in [3.8, 4) is 6.07 Å². The highest BCUT2D eigenvalue weighted by atomic mass is 32.1. The third-order valence-electron chi connectivity index (χ3n) is 3.55. The summed E-state index contributed by atoms with van der Waals surface area (Å²) < 4.78 is 0. The topological polar surface area (TPSA) is 70.2 Å². The molecule has 1 aromatic heterocycles. The zero-order valence-electron chi connectivity index (χ0n) is 11.2. The van der Waals surface area contributed by atoms with E-state index in [2.05, 4.69) is 16.3 Å². The van der Waals surface area contributed by atoms with E-state index in [0.717, 1.165) is 25.1 Å². The first-order valence-electron chi connectivity index (χ1n) is 6.65. The van der Waals surface area contributed by atoms with Gasteiger partial charge < -0.3 is 4.90 Å². The molecule has 0 unspecified atom stereocenters. The normalized spacial score (nSPS) is 13.7. The quantitative estimate of drug-likeness (QED) is 0.623. The second-order valence-corrected chi connectivity index (χ2v) is 5.84. The average Bonchev–Trinajstić information content (AvgIpc) is 3.20. The molecule has 0 N–H and O–H groups in total. The number of hydrogen-bond acceptors (Lipinski definition) is 5. The van der Waals surface area contributed by atoms with Gasteiger partial charge in [-0.25, -0.2) is 0 Å². The zero-order chi connectivity index (χ0) is 14.8. The largest absolute Gasteiger partial charge is 0.364 e. The first-order chi connectivity index (χ1) is 10.2. The Balaban J connectivity index is 1.93. The summed E-state index contributed by atoms with van der Waals surface area (Å²) in [6, 6.07) is 9.27. The minimum absolute atomic E-state index is 0.119. The molecule has 5 nitrogen and oxygen atoms in total. The molecule has 21 heavy (non-hydrogen) atoms. The van der Waals surface area contributed by atoms with Crippen LogP contribution in [0.4, 0.5) is 11.4 Å². The lowest BCUT2D eigenvalue weighted by atomic mass is 10.1. The summed E-state index contributed by atoms with van der Waals surface area (Å²) in [4.78, 5) is 12.6. The predicted octanol–water partition coefficient (Wildman–Crippen LogP) is 3.70. The van der Waals surface area contributed by atoms with Crippen molar-refractivity contribution < 1.29 is 4.92 Å². The molecular weight excluding hydrogens is 286 g/mol. The molecule has 3 rings (SSSR count). The molecule has 1 fully saturated rings. The first kappa shape index (κ1) is 13.6. The van der Waals surface area contributed by atoms with Gasteiger partial charge in [-0.2, -0.15) is 16.6 Å². The third kappa shape index (κ3) is 2.88. The molecule has 0 radical (unpaired) electrons. The monoisotopic (exact) mass is 299 g/mol. The van der Waals surface area contributed by atoms with Gasteiger partial charge in [0.15, 0.2) is 0 Å². The number of thiophene rings is 1. The Kier molecular flexibility index (Phi) is 3.59. The number of nitro groups is 1. The molecule has 1 saturated carbocycles. The number of nitro benzene ring substituents is 1. The zero-order valence-corrected chi connectivity index (χ0v) is 12.0. The maximum atomic E-state index is 10.9. The van der Waals surface area contributed by atoms with Crippen LogP contribution >= 0.6 is 11.3 Å². The second-order valence-electron chi connectivity index (χ2n) is 5.06. The number of rotatable bonds is 5. The van der Waals surface area contributed by atoms with E-state index in [1.54, 1.807) is 23.5 Å². The van der Waals surface area contributed by atoms with E-state index in [0.29, 0.717) is 6.04 Å². The molecule has 0 saturated heterocycles. The molecule has 1 aliphatic carbocycles. The van der Waals surface area contributed by atoms with Crippen LogP contribution in [0.2, 0.25) is 0 Å². The van der Waals surface area contributed by atoms with Crippen LogP contribution in [-0.2, 0) is 6.54 Å². The average molecular weight is 299 g/mol. The van der Waals surface area contributed by atoms with Crippen LogP contribution in [0.15, 0.2) is 35.0 Å². The van der Waals surface area contributed by atoms with Gasteiger partial charge in [-0.3, -0.25) is 10.1 Å². The SMILES string of the molecule is N#Cc1cc(N(Cc2ccsc2)C2CC2)ccc1[N+](=O)[O-]. The summed E-state index contributed by atoms with van der Waals surface area (Å²) in [7, 11) is 0. The van der Waals surface area contributed by atoms with Crippen molar-refractivity contribution in [2.24, 2.45) is 0 Å². The van der Waals surface area contributed by atoms with Gasteiger partial charge in [0.2, 0.25) is 0 Å². The van der Waals surface area contributed by atoms with Crippen molar-refractivity contribution >= 4 is 22.7 Å². The van der Waals surface area contributed by atoms with Crippen molar-refractivity contribution in [2.45, 2.75) is 25.4 Å². The third-order valence-corrected chi connectivity index (χ3v) is 4.28. The van der Waals surface area contributed by atoms with Crippen molar-refractivity contribution in [3.63, 3.8) is 0 Å². The van der Waals surface area contributed by atoms with E-state index in [1.807, 2.05) is 11.4 Å². The fourth-order valence-electron chi connectivity index (χ4n) is 2.35. The highest BCUT2D eigenvalue weighted by molar-refractivity contribution is 7.07. The highest BCUT2D eigenvalue weighted by Gasteiger charge is 2.30. The molecular formula is C15H13N3O2S. The Bertz CT molecular complexity index is 702. The molecule has 6 heteroatoms. The summed E-state index contributed by atoms with van der Waals surface area (Å²) in [5, 5.41) is 24.2. The van der Waals surface area contributed by atoms with Gasteiger partial charge in [0.05, 0.1) is 4.92 Å². The summed E-state index contributed by atoms with van der Waals surface area (Å²) in [6.45, 7) is 0.775. The van der Waals surface area contributed by atoms with Crippen molar-refractivity contribution in [3.05, 3.63) is 56.3 Å². The van der Waals surface area contributed by atoms with Crippen LogP contribution in [0.1, 0.15) is 24.0 Å². The Morgan fingerprint density at radius 2 is 2.24 bits per heavy atom. The van der Waals surface area contributed by atoms with Gasteiger partial charge >= 0.3 is 0 Å². The summed E-state index contributed by atoms with van der Waals surface area (Å²) in [6.07, 6.45) is 2.26. The van der Waals surface area contributed by atoms with Crippen molar-refractivity contribution in [1.29, 1.82) is 5.26 Å². The smallest absolute Gasteiger partial charge is 0.287 e. The molecule has 2 aromatic rings. The standard InChI is InChI=1S/C15H13N3O2S/c16-8-12-7-14(3-4-15(12)18(19)20)17(13-1-2-13)9-11-5-6-21-10-11/h3-7,10,13H,1-2,9H2. The van der Waals surface area contributed by atoms with Gasteiger partial charge in [-0.05, 0) is 47.4 Å². The summed E-state index contributed by atoms with van der Waals surface area (Å²) in [5.41, 5.74) is 2.09. The lowest BCUT2D eigenvalue weighted by molar-refractivity contribution is -0.385. The number of anilines is 1. The number of hydrogen-bond donors (Lipinski definition) is 0. The summed E-state index contributed by atoms with van der Waals surface area (Å²) in [5.74, 6) is 0. The van der Waals surface area contributed by atoms with E-state index >= 15 is 0 Å². The van der Waals surface area contributed by atoms with Gasteiger partial charge in [-0.15, -0.1) is 0 Å². The Labute approximate surface area is 126 Å². The maximum Gasteiger partial charge on any atom is 0.287 e.